The Hall–Kier alpha value is -2.33. The van der Waals surface area contributed by atoms with E-state index in [1.54, 1.807) is 7.11 Å². The van der Waals surface area contributed by atoms with Crippen LogP contribution in [0.3, 0.4) is 0 Å². The standard InChI is InChI=1S/C24H28N2O2/c1-28-21-4-2-3-19(13-21)16-5-9-18(10-6-16)24(27)23-22(17-7-8-17)12-11-20-14-25-15-26(20)23/h2-4,11-18,24,27H,5-10H2,1H3/t16-,18-,24-/m1/s1. The number of pyridine rings is 1. The predicted molar refractivity (Wildman–Crippen MR) is 110 cm³/mol. The van der Waals surface area contributed by atoms with Crippen LogP contribution in [0.1, 0.15) is 73.3 Å². The van der Waals surface area contributed by atoms with Gasteiger partial charge in [-0.15, -0.1) is 0 Å². The van der Waals surface area contributed by atoms with E-state index < -0.39 is 6.10 Å². The summed E-state index contributed by atoms with van der Waals surface area (Å²) >= 11 is 0. The van der Waals surface area contributed by atoms with Crippen molar-refractivity contribution in [2.75, 3.05) is 7.11 Å². The lowest BCUT2D eigenvalue weighted by molar-refractivity contribution is 0.0754. The van der Waals surface area contributed by atoms with Gasteiger partial charge >= 0.3 is 0 Å². The third-order valence-electron chi connectivity index (χ3n) is 6.74. The molecule has 2 aliphatic rings. The maximum Gasteiger partial charge on any atom is 0.119 e. The van der Waals surface area contributed by atoms with E-state index in [2.05, 4.69) is 39.7 Å². The molecule has 1 atom stereocenters. The summed E-state index contributed by atoms with van der Waals surface area (Å²) in [6.45, 7) is 0. The van der Waals surface area contributed by atoms with Crippen LogP contribution in [-0.4, -0.2) is 21.6 Å². The van der Waals surface area contributed by atoms with Crippen molar-refractivity contribution in [3.8, 4) is 5.75 Å². The van der Waals surface area contributed by atoms with Gasteiger partial charge < -0.3 is 14.2 Å². The maximum absolute atomic E-state index is 11.4. The average Bonchev–Trinajstić information content (AvgIpc) is 3.49. The number of nitrogens with zero attached hydrogens (tertiary/aromatic N) is 2. The van der Waals surface area contributed by atoms with Crippen LogP contribution >= 0.6 is 0 Å². The summed E-state index contributed by atoms with van der Waals surface area (Å²) in [5.74, 6) is 2.42. The number of fused-ring (bicyclic) bond motifs is 1. The monoisotopic (exact) mass is 376 g/mol. The summed E-state index contributed by atoms with van der Waals surface area (Å²) in [7, 11) is 1.72. The minimum absolute atomic E-state index is 0.312. The first-order chi connectivity index (χ1) is 13.7. The second kappa shape index (κ2) is 7.25. The van der Waals surface area contributed by atoms with E-state index in [9.17, 15) is 5.11 Å². The Kier molecular flexibility index (Phi) is 4.59. The van der Waals surface area contributed by atoms with Crippen LogP contribution in [0.2, 0.25) is 0 Å². The van der Waals surface area contributed by atoms with Crippen LogP contribution in [0.25, 0.3) is 5.52 Å². The molecule has 2 fully saturated rings. The fraction of sp³-hybridized carbons (Fsp3) is 0.458. The number of benzene rings is 1. The number of ether oxygens (including phenoxy) is 1. The largest absolute Gasteiger partial charge is 0.497 e. The van der Waals surface area contributed by atoms with Crippen LogP contribution in [0, 0.1) is 5.92 Å². The third-order valence-corrected chi connectivity index (χ3v) is 6.74. The van der Waals surface area contributed by atoms with Gasteiger partial charge in [0.05, 0.1) is 36.9 Å². The van der Waals surface area contributed by atoms with Crippen LogP contribution < -0.4 is 4.74 Å². The minimum Gasteiger partial charge on any atom is -0.497 e. The molecule has 0 saturated heterocycles. The second-order valence-electron chi connectivity index (χ2n) is 8.47. The molecule has 5 rings (SSSR count). The smallest absolute Gasteiger partial charge is 0.119 e. The predicted octanol–water partition coefficient (Wildman–Crippen LogP) is 5.23. The van der Waals surface area contributed by atoms with Crippen molar-refractivity contribution in [3.63, 3.8) is 0 Å². The number of aliphatic hydroxyl groups is 1. The molecule has 0 unspecified atom stereocenters. The van der Waals surface area contributed by atoms with Gasteiger partial charge in [0.1, 0.15) is 5.75 Å². The van der Waals surface area contributed by atoms with Gasteiger partial charge in [-0.25, -0.2) is 4.98 Å². The molecule has 3 aromatic rings. The molecule has 0 bridgehead atoms. The topological polar surface area (TPSA) is 46.8 Å². The lowest BCUT2D eigenvalue weighted by Crippen LogP contribution is -2.22. The number of rotatable bonds is 5. The van der Waals surface area contributed by atoms with Crippen molar-refractivity contribution in [2.24, 2.45) is 5.92 Å². The zero-order valence-electron chi connectivity index (χ0n) is 16.4. The van der Waals surface area contributed by atoms with Crippen molar-refractivity contribution in [1.82, 2.24) is 9.38 Å². The minimum atomic E-state index is -0.417. The zero-order chi connectivity index (χ0) is 19.1. The Balaban J connectivity index is 1.36. The van der Waals surface area contributed by atoms with Crippen LogP contribution in [0.4, 0.5) is 0 Å². The van der Waals surface area contributed by atoms with Crippen molar-refractivity contribution in [2.45, 2.75) is 56.5 Å². The molecule has 0 radical (unpaired) electrons. The molecule has 146 valence electrons. The van der Waals surface area contributed by atoms with Crippen LogP contribution in [0.5, 0.6) is 5.75 Å². The number of methoxy groups -OCH3 is 1. The average molecular weight is 377 g/mol. The summed E-state index contributed by atoms with van der Waals surface area (Å²) in [6, 6.07) is 12.8. The highest BCUT2D eigenvalue weighted by Crippen LogP contribution is 2.47. The fourth-order valence-electron chi connectivity index (χ4n) is 4.97. The summed E-state index contributed by atoms with van der Waals surface area (Å²) < 4.78 is 7.51. The van der Waals surface area contributed by atoms with Gasteiger partial charge in [0.25, 0.3) is 0 Å². The number of imidazole rings is 1. The number of hydrogen-bond donors (Lipinski definition) is 1. The normalized spacial score (nSPS) is 23.6. The summed E-state index contributed by atoms with van der Waals surface area (Å²) in [5, 5.41) is 11.4. The fourth-order valence-corrected chi connectivity index (χ4v) is 4.97. The molecule has 0 spiro atoms. The summed E-state index contributed by atoms with van der Waals surface area (Å²) in [5.41, 5.74) is 4.85. The number of hydrogen-bond acceptors (Lipinski definition) is 3. The molecule has 2 saturated carbocycles. The van der Waals surface area contributed by atoms with Gasteiger partial charge in [-0.1, -0.05) is 18.2 Å². The molecule has 28 heavy (non-hydrogen) atoms. The summed E-state index contributed by atoms with van der Waals surface area (Å²) in [4.78, 5) is 4.32. The highest BCUT2D eigenvalue weighted by Gasteiger charge is 2.34. The Labute approximate surface area is 166 Å². The molecule has 0 amide bonds. The molecule has 2 aromatic heterocycles. The lowest BCUT2D eigenvalue weighted by atomic mass is 9.75. The molecule has 4 heteroatoms. The Morgan fingerprint density at radius 2 is 1.82 bits per heavy atom. The van der Waals surface area contributed by atoms with Crippen molar-refractivity contribution >= 4 is 5.52 Å². The van der Waals surface area contributed by atoms with Gasteiger partial charge in [-0.05, 0) is 85.6 Å². The molecule has 1 N–H and O–H groups in total. The molecule has 1 aromatic carbocycles. The molecule has 0 aliphatic heterocycles. The quantitative estimate of drug-likeness (QED) is 0.663. The van der Waals surface area contributed by atoms with Gasteiger partial charge in [0.2, 0.25) is 0 Å². The SMILES string of the molecule is COc1cccc([C@H]2CC[C@H]([C@@H](O)c3c(C4CC4)ccc4cncn34)CC2)c1. The van der Waals surface area contributed by atoms with Crippen molar-refractivity contribution in [1.29, 1.82) is 0 Å². The molecular weight excluding hydrogens is 348 g/mol. The van der Waals surface area contributed by atoms with Gasteiger partial charge in [0, 0.05) is 0 Å². The van der Waals surface area contributed by atoms with E-state index in [-0.39, 0.29) is 0 Å². The first-order valence-corrected chi connectivity index (χ1v) is 10.5. The first kappa shape index (κ1) is 17.7. The highest BCUT2D eigenvalue weighted by molar-refractivity contribution is 5.50. The van der Waals surface area contributed by atoms with E-state index in [0.29, 0.717) is 17.8 Å². The van der Waals surface area contributed by atoms with E-state index >= 15 is 0 Å². The van der Waals surface area contributed by atoms with E-state index in [4.69, 9.17) is 4.74 Å². The highest BCUT2D eigenvalue weighted by atomic mass is 16.5. The Bertz CT molecular complexity index is 968. The van der Waals surface area contributed by atoms with Gasteiger partial charge in [-0.3, -0.25) is 0 Å². The Morgan fingerprint density at radius 3 is 2.57 bits per heavy atom. The molecule has 2 heterocycles. The van der Waals surface area contributed by atoms with Crippen LogP contribution in [0.15, 0.2) is 48.9 Å². The first-order valence-electron chi connectivity index (χ1n) is 10.5. The lowest BCUT2D eigenvalue weighted by Gasteiger charge is -2.33. The van der Waals surface area contributed by atoms with Crippen molar-refractivity contribution in [3.05, 3.63) is 65.7 Å². The molecule has 4 nitrogen and oxygen atoms in total. The third kappa shape index (κ3) is 3.20. The number of aromatic nitrogens is 2. The maximum atomic E-state index is 11.4. The van der Waals surface area contributed by atoms with Gasteiger partial charge in [0.15, 0.2) is 0 Å². The summed E-state index contributed by atoms with van der Waals surface area (Å²) in [6.07, 6.45) is 10.1. The number of aliphatic hydroxyl groups excluding tert-OH is 1. The molecule has 2 aliphatic carbocycles. The van der Waals surface area contributed by atoms with Crippen LogP contribution in [-0.2, 0) is 0 Å². The van der Waals surface area contributed by atoms with E-state index in [0.717, 1.165) is 42.6 Å². The molecular formula is C24H28N2O2. The van der Waals surface area contributed by atoms with Gasteiger partial charge in [-0.2, -0.15) is 0 Å². The Morgan fingerprint density at radius 1 is 1.04 bits per heavy atom. The van der Waals surface area contributed by atoms with E-state index in [1.807, 2.05) is 18.6 Å². The van der Waals surface area contributed by atoms with E-state index in [1.165, 1.54) is 24.0 Å². The van der Waals surface area contributed by atoms with Crippen molar-refractivity contribution < 1.29 is 9.84 Å². The zero-order valence-corrected chi connectivity index (χ0v) is 16.4. The second-order valence-corrected chi connectivity index (χ2v) is 8.47.